The van der Waals surface area contributed by atoms with E-state index in [0.29, 0.717) is 38.0 Å². The van der Waals surface area contributed by atoms with Crippen molar-refractivity contribution in [3.8, 4) is 0 Å². The van der Waals surface area contributed by atoms with Gasteiger partial charge in [0.15, 0.2) is 9.04 Å². The van der Waals surface area contributed by atoms with Crippen LogP contribution in [0, 0.1) is 27.4 Å². The summed E-state index contributed by atoms with van der Waals surface area (Å²) in [4.78, 5) is 40.4. The molecule has 2 amide bonds. The molecule has 0 spiro atoms. The van der Waals surface area contributed by atoms with Crippen molar-refractivity contribution in [2.75, 3.05) is 19.6 Å². The fourth-order valence-corrected chi connectivity index (χ4v) is 6.50. The van der Waals surface area contributed by atoms with Gasteiger partial charge in [-0.15, -0.1) is 0 Å². The molecule has 1 aromatic rings. The number of likely N-dealkylation sites (tertiary alicyclic amines) is 2. The summed E-state index contributed by atoms with van der Waals surface area (Å²) in [7, 11) is -1.63. The van der Waals surface area contributed by atoms with Crippen LogP contribution in [0.1, 0.15) is 59.9 Å². The molecule has 10 nitrogen and oxygen atoms in total. The van der Waals surface area contributed by atoms with E-state index in [-0.39, 0.29) is 35.6 Å². The number of amides is 2. The average molecular weight is 550 g/mol. The number of carbonyl (C=O) groups excluding carboxylic acids is 2. The zero-order valence-corrected chi connectivity index (χ0v) is 25.1. The smallest absolute Gasteiger partial charge is 0.412 e. The van der Waals surface area contributed by atoms with E-state index in [1.54, 1.807) is 21.9 Å². The number of hydrogen-bond acceptors (Lipinski definition) is 7. The predicted octanol–water partition coefficient (Wildman–Crippen LogP) is 5.55. The number of ether oxygens (including phenoxy) is 2. The number of nitrogens with zero attached hydrogens (tertiary/aromatic N) is 3. The molecular formula is C27H43N3O7Si. The van der Waals surface area contributed by atoms with Crippen LogP contribution in [0.2, 0.25) is 13.1 Å². The Bertz CT molecular complexity index is 1020. The molecule has 2 aliphatic rings. The van der Waals surface area contributed by atoms with Gasteiger partial charge in [-0.1, -0.05) is 20.8 Å². The second kappa shape index (κ2) is 11.2. The van der Waals surface area contributed by atoms with Gasteiger partial charge in [0.25, 0.3) is 5.69 Å². The summed E-state index contributed by atoms with van der Waals surface area (Å²) in [5.74, 6) is 0.0990. The molecule has 2 heterocycles. The van der Waals surface area contributed by atoms with Gasteiger partial charge < -0.3 is 18.8 Å². The molecule has 0 bridgehead atoms. The van der Waals surface area contributed by atoms with Crippen LogP contribution in [0.15, 0.2) is 24.3 Å². The fourth-order valence-electron chi connectivity index (χ4n) is 5.27. The van der Waals surface area contributed by atoms with Crippen LogP contribution in [0.4, 0.5) is 15.3 Å². The van der Waals surface area contributed by atoms with Gasteiger partial charge in [0, 0.05) is 37.7 Å². The first-order valence-electron chi connectivity index (χ1n) is 13.4. The summed E-state index contributed by atoms with van der Waals surface area (Å²) < 4.78 is 18.1. The van der Waals surface area contributed by atoms with E-state index in [2.05, 4.69) is 33.9 Å². The standard InChI is InChI=1S/C27H43N3O7Si/c1-25(2,3)21-15-27(37-38(7)8,20-13-14-28(16-20)23(31)36-26(4,5)6)29(17-21)24(32)35-18-19-9-11-22(12-10-19)30(33)34/h9-12,20-21,38H,13-18H2,1-8H3/t20?,21-,27-/m0/s1. The Morgan fingerprint density at radius 3 is 2.24 bits per heavy atom. The zero-order chi connectivity index (χ0) is 28.5. The van der Waals surface area contributed by atoms with Gasteiger partial charge in [0.05, 0.1) is 4.92 Å². The maximum Gasteiger partial charge on any atom is 0.412 e. The second-order valence-electron chi connectivity index (χ2n) is 12.8. The van der Waals surface area contributed by atoms with E-state index in [9.17, 15) is 19.7 Å². The lowest BCUT2D eigenvalue weighted by Gasteiger charge is -2.43. The molecule has 2 aliphatic heterocycles. The Hall–Kier alpha value is -2.66. The molecule has 3 atom stereocenters. The highest BCUT2D eigenvalue weighted by Gasteiger charge is 2.58. The lowest BCUT2D eigenvalue weighted by atomic mass is 9.77. The third-order valence-corrected chi connectivity index (χ3v) is 8.15. The summed E-state index contributed by atoms with van der Waals surface area (Å²) in [5.41, 5.74) is -0.881. The van der Waals surface area contributed by atoms with Crippen molar-refractivity contribution < 1.29 is 28.4 Å². The van der Waals surface area contributed by atoms with Gasteiger partial charge >= 0.3 is 12.2 Å². The monoisotopic (exact) mass is 549 g/mol. The Balaban J connectivity index is 1.85. The van der Waals surface area contributed by atoms with Crippen LogP contribution in [-0.2, 0) is 20.5 Å². The number of nitro benzene ring substituents is 1. The number of nitro groups is 1. The largest absolute Gasteiger partial charge is 0.444 e. The molecule has 0 aliphatic carbocycles. The quantitative estimate of drug-likeness (QED) is 0.260. The third-order valence-electron chi connectivity index (χ3n) is 7.27. The minimum Gasteiger partial charge on any atom is -0.444 e. The zero-order valence-electron chi connectivity index (χ0n) is 24.0. The van der Waals surface area contributed by atoms with Crippen LogP contribution in [0.5, 0.6) is 0 Å². The molecule has 0 N–H and O–H groups in total. The van der Waals surface area contributed by atoms with E-state index in [0.717, 1.165) is 0 Å². The summed E-state index contributed by atoms with van der Waals surface area (Å²) in [6.07, 6.45) is 0.542. The highest BCUT2D eigenvalue weighted by Crippen LogP contribution is 2.49. The van der Waals surface area contributed by atoms with Crippen molar-refractivity contribution in [2.24, 2.45) is 17.3 Å². The molecule has 2 fully saturated rings. The summed E-state index contributed by atoms with van der Waals surface area (Å²) in [6.45, 7) is 17.7. The van der Waals surface area contributed by atoms with E-state index in [4.69, 9.17) is 13.9 Å². The maximum atomic E-state index is 13.6. The summed E-state index contributed by atoms with van der Waals surface area (Å²) >= 11 is 0. The first kappa shape index (κ1) is 29.9. The van der Waals surface area contributed by atoms with Gasteiger partial charge in [-0.05, 0) is 75.7 Å². The average Bonchev–Trinajstić information content (AvgIpc) is 3.42. The topological polar surface area (TPSA) is 111 Å². The highest BCUT2D eigenvalue weighted by atomic mass is 28.3. The van der Waals surface area contributed by atoms with Gasteiger partial charge in [-0.3, -0.25) is 15.0 Å². The van der Waals surface area contributed by atoms with Gasteiger partial charge in [-0.25, -0.2) is 9.59 Å². The van der Waals surface area contributed by atoms with Crippen molar-refractivity contribution in [1.82, 2.24) is 9.80 Å². The normalized spacial score (nSPS) is 24.1. The lowest BCUT2D eigenvalue weighted by Crippen LogP contribution is -2.57. The van der Waals surface area contributed by atoms with Gasteiger partial charge in [-0.2, -0.15) is 0 Å². The second-order valence-corrected chi connectivity index (χ2v) is 15.1. The molecule has 0 aromatic heterocycles. The van der Waals surface area contributed by atoms with E-state index >= 15 is 0 Å². The predicted molar refractivity (Wildman–Crippen MR) is 146 cm³/mol. The Morgan fingerprint density at radius 2 is 1.71 bits per heavy atom. The Labute approximate surface area is 227 Å². The van der Waals surface area contributed by atoms with Crippen LogP contribution < -0.4 is 0 Å². The van der Waals surface area contributed by atoms with Crippen LogP contribution in [-0.4, -0.2) is 66.9 Å². The van der Waals surface area contributed by atoms with E-state index < -0.39 is 31.4 Å². The Kier molecular flexibility index (Phi) is 8.82. The molecule has 1 unspecified atom stereocenters. The lowest BCUT2D eigenvalue weighted by molar-refractivity contribution is -0.384. The minimum absolute atomic E-state index is 0.00258. The molecule has 1 aromatic carbocycles. The number of non-ortho nitro benzene ring substituents is 1. The number of carbonyl (C=O) groups is 2. The molecule has 11 heteroatoms. The maximum absolute atomic E-state index is 13.6. The fraction of sp³-hybridized carbons (Fsp3) is 0.704. The van der Waals surface area contributed by atoms with Crippen LogP contribution >= 0.6 is 0 Å². The van der Waals surface area contributed by atoms with Crippen molar-refractivity contribution in [3.63, 3.8) is 0 Å². The first-order valence-corrected chi connectivity index (χ1v) is 16.1. The molecule has 0 radical (unpaired) electrons. The molecular weight excluding hydrogens is 506 g/mol. The van der Waals surface area contributed by atoms with E-state index in [1.807, 2.05) is 20.8 Å². The number of benzene rings is 1. The van der Waals surface area contributed by atoms with Crippen molar-refractivity contribution in [2.45, 2.75) is 85.4 Å². The molecule has 38 heavy (non-hydrogen) atoms. The molecule has 0 saturated carbocycles. The van der Waals surface area contributed by atoms with Crippen molar-refractivity contribution >= 4 is 26.9 Å². The van der Waals surface area contributed by atoms with Crippen LogP contribution in [0.3, 0.4) is 0 Å². The van der Waals surface area contributed by atoms with Gasteiger partial charge in [0.1, 0.15) is 17.9 Å². The Morgan fingerprint density at radius 1 is 1.08 bits per heavy atom. The SMILES string of the molecule is C[SiH](C)O[C@]1(C2CCN(C(=O)OC(C)(C)C)C2)C[C@H](C(C)(C)C)CN1C(=O)OCc1ccc([N+](=O)[O-])cc1. The summed E-state index contributed by atoms with van der Waals surface area (Å²) in [5, 5.41) is 11.0. The highest BCUT2D eigenvalue weighted by molar-refractivity contribution is 6.48. The first-order chi connectivity index (χ1) is 17.5. The number of hydrogen-bond donors (Lipinski definition) is 0. The molecule has 2 saturated heterocycles. The third kappa shape index (κ3) is 7.05. The van der Waals surface area contributed by atoms with Crippen molar-refractivity contribution in [1.29, 1.82) is 0 Å². The molecule has 212 valence electrons. The molecule has 3 rings (SSSR count). The minimum atomic E-state index is -1.63. The van der Waals surface area contributed by atoms with Crippen LogP contribution in [0.25, 0.3) is 0 Å². The van der Waals surface area contributed by atoms with E-state index in [1.165, 1.54) is 12.1 Å². The number of rotatable bonds is 6. The van der Waals surface area contributed by atoms with Gasteiger partial charge in [0.2, 0.25) is 0 Å². The summed E-state index contributed by atoms with van der Waals surface area (Å²) in [6, 6.07) is 5.98. The van der Waals surface area contributed by atoms with Crippen molar-refractivity contribution in [3.05, 3.63) is 39.9 Å².